The zero-order valence-corrected chi connectivity index (χ0v) is 16.3. The van der Waals surface area contributed by atoms with E-state index in [-0.39, 0.29) is 6.09 Å². The van der Waals surface area contributed by atoms with Crippen molar-refractivity contribution < 1.29 is 9.53 Å². The number of likely N-dealkylation sites (tertiary alicyclic amines) is 1. The summed E-state index contributed by atoms with van der Waals surface area (Å²) in [5, 5.41) is 0. The van der Waals surface area contributed by atoms with Crippen molar-refractivity contribution in [1.82, 2.24) is 9.80 Å². The molecule has 1 aliphatic heterocycles. The van der Waals surface area contributed by atoms with Gasteiger partial charge in [0.2, 0.25) is 0 Å². The molecule has 2 rings (SSSR count). The van der Waals surface area contributed by atoms with Gasteiger partial charge in [-0.25, -0.2) is 4.79 Å². The van der Waals surface area contributed by atoms with Gasteiger partial charge in [0, 0.05) is 32.2 Å². The molecule has 4 nitrogen and oxygen atoms in total. The van der Waals surface area contributed by atoms with Crippen LogP contribution in [0.2, 0.25) is 0 Å². The summed E-state index contributed by atoms with van der Waals surface area (Å²) >= 11 is 0. The van der Waals surface area contributed by atoms with E-state index < -0.39 is 0 Å². The molecule has 1 aromatic carbocycles. The number of benzene rings is 1. The van der Waals surface area contributed by atoms with Crippen molar-refractivity contribution in [2.75, 3.05) is 26.2 Å². The zero-order chi connectivity index (χ0) is 18.2. The van der Waals surface area contributed by atoms with Gasteiger partial charge in [-0.3, -0.25) is 4.90 Å². The number of piperidine rings is 1. The van der Waals surface area contributed by atoms with E-state index in [1.54, 1.807) is 0 Å². The molecule has 4 heteroatoms. The molecule has 0 saturated carbocycles. The molecule has 0 radical (unpaired) electrons. The predicted octanol–water partition coefficient (Wildman–Crippen LogP) is 4.40. The first kappa shape index (κ1) is 19.8. The highest BCUT2D eigenvalue weighted by molar-refractivity contribution is 5.68. The molecular formula is C21H34N2O2. The average molecular weight is 347 g/mol. The number of ether oxygens (including phenoxy) is 1. The highest BCUT2D eigenvalue weighted by Crippen LogP contribution is 2.20. The van der Waals surface area contributed by atoms with E-state index in [4.69, 9.17) is 4.74 Å². The number of hydrogen-bond acceptors (Lipinski definition) is 3. The molecular weight excluding hydrogens is 312 g/mol. The summed E-state index contributed by atoms with van der Waals surface area (Å²) in [6, 6.07) is 10.9. The van der Waals surface area contributed by atoms with Gasteiger partial charge < -0.3 is 9.64 Å². The lowest BCUT2D eigenvalue weighted by molar-refractivity contribution is 0.0525. The number of carbonyl (C=O) groups excluding carboxylic acids is 1. The second-order valence-electron chi connectivity index (χ2n) is 8.01. The first-order valence-corrected chi connectivity index (χ1v) is 9.65. The molecule has 0 aliphatic carbocycles. The van der Waals surface area contributed by atoms with Crippen LogP contribution in [0.25, 0.3) is 0 Å². The van der Waals surface area contributed by atoms with Crippen LogP contribution in [0, 0.1) is 11.8 Å². The zero-order valence-electron chi connectivity index (χ0n) is 16.3. The van der Waals surface area contributed by atoms with Gasteiger partial charge in [0.15, 0.2) is 0 Å². The molecule has 0 spiro atoms. The Labute approximate surface area is 153 Å². The lowest BCUT2D eigenvalue weighted by Crippen LogP contribution is -2.48. The minimum Gasteiger partial charge on any atom is -0.449 e. The molecule has 0 bridgehead atoms. The van der Waals surface area contributed by atoms with Crippen LogP contribution < -0.4 is 0 Å². The highest BCUT2D eigenvalue weighted by atomic mass is 16.6. The maximum atomic E-state index is 12.5. The summed E-state index contributed by atoms with van der Waals surface area (Å²) in [5.41, 5.74) is 1.36. The van der Waals surface area contributed by atoms with E-state index in [2.05, 4.69) is 62.9 Å². The maximum absolute atomic E-state index is 12.5. The van der Waals surface area contributed by atoms with Crippen molar-refractivity contribution in [3.63, 3.8) is 0 Å². The Balaban J connectivity index is 1.88. The Morgan fingerprint density at radius 3 is 2.32 bits per heavy atom. The van der Waals surface area contributed by atoms with Crippen LogP contribution in [0.3, 0.4) is 0 Å². The van der Waals surface area contributed by atoms with Crippen molar-refractivity contribution in [1.29, 1.82) is 0 Å². The lowest BCUT2D eigenvalue weighted by atomic mass is 10.0. The van der Waals surface area contributed by atoms with Gasteiger partial charge in [-0.1, -0.05) is 58.0 Å². The third-order valence-corrected chi connectivity index (χ3v) is 4.58. The number of nitrogens with zero attached hydrogens (tertiary/aromatic N) is 2. The molecule has 0 unspecified atom stereocenters. The summed E-state index contributed by atoms with van der Waals surface area (Å²) in [7, 11) is 0. The lowest BCUT2D eigenvalue weighted by Gasteiger charge is -2.38. The number of amides is 1. The summed E-state index contributed by atoms with van der Waals surface area (Å²) in [4.78, 5) is 17.0. The van der Waals surface area contributed by atoms with E-state index in [1.807, 2.05) is 4.90 Å². The number of rotatable bonds is 7. The molecule has 1 amide bonds. The Morgan fingerprint density at radius 1 is 1.12 bits per heavy atom. The van der Waals surface area contributed by atoms with E-state index in [1.165, 1.54) is 5.56 Å². The first-order chi connectivity index (χ1) is 12.0. The van der Waals surface area contributed by atoms with Gasteiger partial charge in [0.05, 0.1) is 6.61 Å². The number of hydrogen-bond donors (Lipinski definition) is 0. The van der Waals surface area contributed by atoms with Crippen LogP contribution in [0.15, 0.2) is 30.3 Å². The molecule has 1 heterocycles. The molecule has 0 atom stereocenters. The monoisotopic (exact) mass is 346 g/mol. The van der Waals surface area contributed by atoms with Crippen molar-refractivity contribution >= 4 is 6.09 Å². The fourth-order valence-corrected chi connectivity index (χ4v) is 3.32. The Kier molecular flexibility index (Phi) is 7.76. The quantitative estimate of drug-likeness (QED) is 0.733. The van der Waals surface area contributed by atoms with Crippen molar-refractivity contribution in [2.24, 2.45) is 11.8 Å². The van der Waals surface area contributed by atoms with Crippen LogP contribution in [0.5, 0.6) is 0 Å². The van der Waals surface area contributed by atoms with E-state index in [0.717, 1.165) is 39.0 Å². The second kappa shape index (κ2) is 9.81. The van der Waals surface area contributed by atoms with Crippen molar-refractivity contribution in [3.8, 4) is 0 Å². The van der Waals surface area contributed by atoms with E-state index in [0.29, 0.717) is 24.5 Å². The van der Waals surface area contributed by atoms with Gasteiger partial charge in [0.25, 0.3) is 0 Å². The maximum Gasteiger partial charge on any atom is 0.410 e. The average Bonchev–Trinajstić information content (AvgIpc) is 2.59. The topological polar surface area (TPSA) is 32.8 Å². The number of carbonyl (C=O) groups is 1. The van der Waals surface area contributed by atoms with Crippen molar-refractivity contribution in [2.45, 2.75) is 53.1 Å². The Morgan fingerprint density at radius 2 is 1.76 bits per heavy atom. The van der Waals surface area contributed by atoms with Crippen LogP contribution >= 0.6 is 0 Å². The predicted molar refractivity (Wildman–Crippen MR) is 102 cm³/mol. The summed E-state index contributed by atoms with van der Waals surface area (Å²) in [6.45, 7) is 12.8. The SMILES string of the molecule is CC(C)COC(=O)N(CC(C)C)C1CCN(Cc2ccccc2)CC1. The van der Waals surface area contributed by atoms with Gasteiger partial charge in [-0.2, -0.15) is 0 Å². The van der Waals surface area contributed by atoms with E-state index in [9.17, 15) is 4.79 Å². The molecule has 25 heavy (non-hydrogen) atoms. The second-order valence-corrected chi connectivity index (χ2v) is 8.01. The fraction of sp³-hybridized carbons (Fsp3) is 0.667. The van der Waals surface area contributed by atoms with Gasteiger partial charge in [-0.05, 0) is 30.2 Å². The molecule has 1 aliphatic rings. The molecule has 1 aromatic rings. The van der Waals surface area contributed by atoms with Gasteiger partial charge in [0.1, 0.15) is 0 Å². The third-order valence-electron chi connectivity index (χ3n) is 4.58. The minimum absolute atomic E-state index is 0.135. The van der Waals surface area contributed by atoms with Crippen LogP contribution in [-0.4, -0.2) is 48.2 Å². The molecule has 1 saturated heterocycles. The molecule has 1 fully saturated rings. The Hall–Kier alpha value is -1.55. The largest absolute Gasteiger partial charge is 0.449 e. The smallest absolute Gasteiger partial charge is 0.410 e. The molecule has 140 valence electrons. The summed E-state index contributed by atoms with van der Waals surface area (Å²) < 4.78 is 5.52. The highest BCUT2D eigenvalue weighted by Gasteiger charge is 2.29. The summed E-state index contributed by atoms with van der Waals surface area (Å²) in [5.74, 6) is 0.825. The van der Waals surface area contributed by atoms with Crippen LogP contribution in [0.1, 0.15) is 46.1 Å². The van der Waals surface area contributed by atoms with E-state index >= 15 is 0 Å². The molecule has 0 aromatic heterocycles. The van der Waals surface area contributed by atoms with Crippen LogP contribution in [-0.2, 0) is 11.3 Å². The van der Waals surface area contributed by atoms with Crippen molar-refractivity contribution in [3.05, 3.63) is 35.9 Å². The molecule has 0 N–H and O–H groups in total. The Bertz CT molecular complexity index is 508. The standard InChI is InChI=1S/C21H34N2O2/c1-17(2)14-23(21(24)25-16-18(3)4)20-10-12-22(13-11-20)15-19-8-6-5-7-9-19/h5-9,17-18,20H,10-16H2,1-4H3. The van der Waals surface area contributed by atoms with Crippen LogP contribution in [0.4, 0.5) is 4.79 Å². The normalized spacial score (nSPS) is 16.4. The van der Waals surface area contributed by atoms with Gasteiger partial charge in [-0.15, -0.1) is 0 Å². The minimum atomic E-state index is -0.135. The van der Waals surface area contributed by atoms with Gasteiger partial charge >= 0.3 is 6.09 Å². The summed E-state index contributed by atoms with van der Waals surface area (Å²) in [6.07, 6.45) is 1.91. The first-order valence-electron chi connectivity index (χ1n) is 9.65. The third kappa shape index (κ3) is 6.69. The fourth-order valence-electron chi connectivity index (χ4n) is 3.32.